The molecule has 1 aromatic heterocycles. The normalized spacial score (nSPS) is 11.8. The number of hydrogen-bond acceptors (Lipinski definition) is 3. The Morgan fingerprint density at radius 3 is 2.56 bits per heavy atom. The summed E-state index contributed by atoms with van der Waals surface area (Å²) in [4.78, 5) is 17.8. The van der Waals surface area contributed by atoms with E-state index in [2.05, 4.69) is 30.6 Å². The SMILES string of the molecule is C=CCn1c(=NC(=O)Cc2c(C)cc(C)cc2C)sc2cc(OC)ccc21. The van der Waals surface area contributed by atoms with Crippen LogP contribution in [-0.4, -0.2) is 17.6 Å². The van der Waals surface area contributed by atoms with Gasteiger partial charge in [0.2, 0.25) is 0 Å². The third kappa shape index (κ3) is 4.03. The van der Waals surface area contributed by atoms with E-state index < -0.39 is 0 Å². The number of hydrogen-bond donors (Lipinski definition) is 0. The van der Waals surface area contributed by atoms with Crippen molar-refractivity contribution in [3.63, 3.8) is 0 Å². The summed E-state index contributed by atoms with van der Waals surface area (Å²) in [6.45, 7) is 10.6. The van der Waals surface area contributed by atoms with Crippen molar-refractivity contribution in [2.45, 2.75) is 33.7 Å². The molecule has 0 saturated heterocycles. The van der Waals surface area contributed by atoms with Gasteiger partial charge >= 0.3 is 0 Å². The van der Waals surface area contributed by atoms with E-state index in [1.165, 1.54) is 16.9 Å². The summed E-state index contributed by atoms with van der Waals surface area (Å²) >= 11 is 1.49. The molecule has 0 saturated carbocycles. The van der Waals surface area contributed by atoms with Gasteiger partial charge in [0.25, 0.3) is 5.91 Å². The number of amides is 1. The maximum absolute atomic E-state index is 12.7. The molecule has 1 amide bonds. The van der Waals surface area contributed by atoms with Crippen molar-refractivity contribution >= 4 is 27.5 Å². The fraction of sp³-hybridized carbons (Fsp3) is 0.273. The van der Waals surface area contributed by atoms with Crippen LogP contribution in [0.2, 0.25) is 0 Å². The highest BCUT2D eigenvalue weighted by molar-refractivity contribution is 7.16. The Balaban J connectivity index is 2.03. The number of thiazole rings is 1. The van der Waals surface area contributed by atoms with Gasteiger partial charge in [0, 0.05) is 6.54 Å². The number of allylic oxidation sites excluding steroid dienone is 1. The van der Waals surface area contributed by atoms with Crippen LogP contribution in [0.1, 0.15) is 22.3 Å². The number of carbonyl (C=O) groups excluding carboxylic acids is 1. The van der Waals surface area contributed by atoms with E-state index in [4.69, 9.17) is 4.74 Å². The van der Waals surface area contributed by atoms with Crippen molar-refractivity contribution in [3.8, 4) is 5.75 Å². The molecule has 1 heterocycles. The number of benzene rings is 2. The predicted molar refractivity (Wildman–Crippen MR) is 111 cm³/mol. The Kier molecular flexibility index (Phi) is 5.61. The van der Waals surface area contributed by atoms with Crippen molar-refractivity contribution < 1.29 is 9.53 Å². The highest BCUT2D eigenvalue weighted by atomic mass is 32.1. The van der Waals surface area contributed by atoms with E-state index in [9.17, 15) is 4.79 Å². The van der Waals surface area contributed by atoms with E-state index in [1.807, 2.05) is 42.7 Å². The zero-order chi connectivity index (χ0) is 19.6. The van der Waals surface area contributed by atoms with Gasteiger partial charge in [0.15, 0.2) is 4.80 Å². The molecule has 4 nitrogen and oxygen atoms in total. The van der Waals surface area contributed by atoms with Crippen LogP contribution in [0.15, 0.2) is 48.0 Å². The first kappa shape index (κ1) is 19.1. The van der Waals surface area contributed by atoms with Gasteiger partial charge in [-0.25, -0.2) is 0 Å². The fourth-order valence-corrected chi connectivity index (χ4v) is 4.44. The molecule has 0 N–H and O–H groups in total. The molecule has 0 bridgehead atoms. The van der Waals surface area contributed by atoms with Crippen LogP contribution in [0.3, 0.4) is 0 Å². The average Bonchev–Trinajstić information content (AvgIpc) is 2.94. The minimum atomic E-state index is -0.138. The quantitative estimate of drug-likeness (QED) is 0.612. The number of fused-ring (bicyclic) bond motifs is 1. The highest BCUT2D eigenvalue weighted by Crippen LogP contribution is 2.23. The summed E-state index contributed by atoms with van der Waals surface area (Å²) in [5.41, 5.74) is 5.56. The van der Waals surface area contributed by atoms with Gasteiger partial charge in [0.1, 0.15) is 5.75 Å². The number of rotatable bonds is 5. The van der Waals surface area contributed by atoms with Gasteiger partial charge in [-0.2, -0.15) is 4.99 Å². The molecule has 5 heteroatoms. The average molecular weight is 381 g/mol. The summed E-state index contributed by atoms with van der Waals surface area (Å²) in [7, 11) is 1.65. The lowest BCUT2D eigenvalue weighted by Gasteiger charge is -2.09. The summed E-state index contributed by atoms with van der Waals surface area (Å²) < 4.78 is 8.35. The smallest absolute Gasteiger partial charge is 0.252 e. The summed E-state index contributed by atoms with van der Waals surface area (Å²) in [5.74, 6) is 0.652. The molecule has 0 atom stereocenters. The van der Waals surface area contributed by atoms with Gasteiger partial charge in [-0.15, -0.1) is 6.58 Å². The van der Waals surface area contributed by atoms with Crippen molar-refractivity contribution in [2.24, 2.45) is 4.99 Å². The maximum Gasteiger partial charge on any atom is 0.252 e. The van der Waals surface area contributed by atoms with Crippen molar-refractivity contribution in [2.75, 3.05) is 7.11 Å². The maximum atomic E-state index is 12.7. The Morgan fingerprint density at radius 1 is 1.22 bits per heavy atom. The second-order valence-electron chi connectivity index (χ2n) is 6.68. The van der Waals surface area contributed by atoms with Crippen LogP contribution in [0, 0.1) is 20.8 Å². The number of aromatic nitrogens is 1. The van der Waals surface area contributed by atoms with Crippen LogP contribution in [0.4, 0.5) is 0 Å². The largest absolute Gasteiger partial charge is 0.497 e. The molecule has 3 aromatic rings. The first-order chi connectivity index (χ1) is 12.9. The van der Waals surface area contributed by atoms with E-state index in [0.717, 1.165) is 32.7 Å². The zero-order valence-electron chi connectivity index (χ0n) is 16.2. The Labute approximate surface area is 163 Å². The minimum absolute atomic E-state index is 0.138. The summed E-state index contributed by atoms with van der Waals surface area (Å²) in [5, 5.41) is 0. The molecular weight excluding hydrogens is 356 g/mol. The molecule has 140 valence electrons. The third-order valence-electron chi connectivity index (χ3n) is 4.59. The van der Waals surface area contributed by atoms with Crippen LogP contribution in [-0.2, 0) is 17.8 Å². The second kappa shape index (κ2) is 7.92. The van der Waals surface area contributed by atoms with E-state index in [1.54, 1.807) is 7.11 Å². The van der Waals surface area contributed by atoms with Gasteiger partial charge in [0.05, 0.1) is 23.7 Å². The fourth-order valence-electron chi connectivity index (χ4n) is 3.36. The molecular formula is C22H24N2O2S. The molecule has 0 spiro atoms. The second-order valence-corrected chi connectivity index (χ2v) is 7.69. The van der Waals surface area contributed by atoms with Gasteiger partial charge in [-0.3, -0.25) is 4.79 Å². The molecule has 3 rings (SSSR count). The predicted octanol–water partition coefficient (Wildman–Crippen LogP) is 4.49. The molecule has 27 heavy (non-hydrogen) atoms. The molecule has 0 aliphatic rings. The number of methoxy groups -OCH3 is 1. The molecule has 0 radical (unpaired) electrons. The lowest BCUT2D eigenvalue weighted by atomic mass is 9.97. The lowest BCUT2D eigenvalue weighted by Crippen LogP contribution is -2.17. The van der Waals surface area contributed by atoms with Crippen molar-refractivity contribution in [1.29, 1.82) is 0 Å². The molecule has 0 unspecified atom stereocenters. The molecule has 0 aliphatic carbocycles. The first-order valence-corrected chi connectivity index (χ1v) is 9.67. The third-order valence-corrected chi connectivity index (χ3v) is 5.63. The molecule has 0 fully saturated rings. The van der Waals surface area contributed by atoms with E-state index in [-0.39, 0.29) is 5.91 Å². The number of nitrogens with zero attached hydrogens (tertiary/aromatic N) is 2. The lowest BCUT2D eigenvalue weighted by molar-refractivity contribution is -0.117. The van der Waals surface area contributed by atoms with E-state index in [0.29, 0.717) is 17.8 Å². The Morgan fingerprint density at radius 2 is 1.93 bits per heavy atom. The van der Waals surface area contributed by atoms with Gasteiger partial charge < -0.3 is 9.30 Å². The minimum Gasteiger partial charge on any atom is -0.497 e. The van der Waals surface area contributed by atoms with E-state index >= 15 is 0 Å². The topological polar surface area (TPSA) is 43.6 Å². The highest BCUT2D eigenvalue weighted by Gasteiger charge is 2.11. The Hall–Kier alpha value is -2.66. The Bertz CT molecular complexity index is 1070. The molecule has 0 aliphatic heterocycles. The first-order valence-electron chi connectivity index (χ1n) is 8.85. The van der Waals surface area contributed by atoms with Crippen molar-refractivity contribution in [3.05, 3.63) is 70.0 Å². The van der Waals surface area contributed by atoms with Crippen LogP contribution < -0.4 is 9.54 Å². The van der Waals surface area contributed by atoms with Crippen LogP contribution >= 0.6 is 11.3 Å². The summed E-state index contributed by atoms with van der Waals surface area (Å²) in [6, 6.07) is 10.1. The summed E-state index contributed by atoms with van der Waals surface area (Å²) in [6.07, 6.45) is 2.12. The van der Waals surface area contributed by atoms with Gasteiger partial charge in [-0.1, -0.05) is 35.1 Å². The monoisotopic (exact) mass is 380 g/mol. The van der Waals surface area contributed by atoms with Crippen LogP contribution in [0.25, 0.3) is 10.2 Å². The zero-order valence-corrected chi connectivity index (χ0v) is 17.0. The number of carbonyl (C=O) groups is 1. The number of ether oxygens (including phenoxy) is 1. The van der Waals surface area contributed by atoms with Crippen molar-refractivity contribution in [1.82, 2.24) is 4.57 Å². The van der Waals surface area contributed by atoms with Gasteiger partial charge in [-0.05, 0) is 55.7 Å². The van der Waals surface area contributed by atoms with Crippen LogP contribution in [0.5, 0.6) is 5.75 Å². The standard InChI is InChI=1S/C22H24N2O2S/c1-6-9-24-19-8-7-17(26-5)12-20(19)27-22(24)23-21(25)13-18-15(3)10-14(2)11-16(18)4/h6-8,10-12H,1,9,13H2,2-5H3. The number of aryl methyl sites for hydroxylation is 3. The molecule has 2 aromatic carbocycles.